The largest absolute Gasteiger partial charge is 0.345 e. The summed E-state index contributed by atoms with van der Waals surface area (Å²) in [7, 11) is 0. The SMILES string of the molecule is C=C(C1CC(C)C(C)C1)N(CC12CCC(c3noc(C(C)(F)F)n3)(CC1)C2)c1cccc(CCC)c1. The summed E-state index contributed by atoms with van der Waals surface area (Å²) in [6.07, 6.45) is 9.46. The van der Waals surface area contributed by atoms with Gasteiger partial charge in [0.1, 0.15) is 0 Å². The molecule has 6 heteroatoms. The third-order valence-corrected chi connectivity index (χ3v) is 9.61. The number of aromatic nitrogens is 2. The van der Waals surface area contributed by atoms with Crippen LogP contribution in [-0.4, -0.2) is 16.7 Å². The van der Waals surface area contributed by atoms with Crippen molar-refractivity contribution >= 4 is 5.69 Å². The fourth-order valence-corrected chi connectivity index (χ4v) is 7.28. The molecule has 2 bridgehead atoms. The van der Waals surface area contributed by atoms with Crippen molar-refractivity contribution in [1.29, 1.82) is 0 Å². The number of anilines is 1. The Labute approximate surface area is 214 Å². The van der Waals surface area contributed by atoms with Gasteiger partial charge in [-0.3, -0.25) is 0 Å². The Morgan fingerprint density at radius 3 is 2.47 bits per heavy atom. The van der Waals surface area contributed by atoms with Gasteiger partial charge in [-0.2, -0.15) is 13.8 Å². The van der Waals surface area contributed by atoms with E-state index in [2.05, 4.69) is 66.7 Å². The molecule has 1 heterocycles. The van der Waals surface area contributed by atoms with Crippen LogP contribution in [0.15, 0.2) is 41.1 Å². The molecule has 1 aromatic carbocycles. The highest BCUT2D eigenvalue weighted by molar-refractivity contribution is 5.54. The van der Waals surface area contributed by atoms with Crippen molar-refractivity contribution in [3.8, 4) is 0 Å². The minimum Gasteiger partial charge on any atom is -0.345 e. The zero-order valence-corrected chi connectivity index (χ0v) is 22.3. The van der Waals surface area contributed by atoms with E-state index in [9.17, 15) is 8.78 Å². The van der Waals surface area contributed by atoms with Crippen LogP contribution in [0.3, 0.4) is 0 Å². The molecule has 196 valence electrons. The summed E-state index contributed by atoms with van der Waals surface area (Å²) < 4.78 is 32.6. The van der Waals surface area contributed by atoms with Crippen molar-refractivity contribution in [3.05, 3.63) is 53.8 Å². The second-order valence-electron chi connectivity index (χ2n) is 12.4. The van der Waals surface area contributed by atoms with Crippen LogP contribution in [0.5, 0.6) is 0 Å². The lowest BCUT2D eigenvalue weighted by atomic mass is 9.81. The number of aryl methyl sites for hydroxylation is 1. The lowest BCUT2D eigenvalue weighted by Crippen LogP contribution is -2.36. The Kier molecular flexibility index (Phi) is 6.53. The number of benzene rings is 1. The standard InChI is InChI=1S/C30H41F2N3O/c1-6-8-23-9-7-10-25(17-23)35(22(4)24-15-20(2)21(3)16-24)19-29-11-13-30(18-29,14-12-29)26-33-27(36-34-26)28(5,31)32/h7,9-10,17,20-21,24H,4,6,8,11-16,18-19H2,1-3,5H3. The lowest BCUT2D eigenvalue weighted by Gasteiger charge is -2.38. The summed E-state index contributed by atoms with van der Waals surface area (Å²) in [6.45, 7) is 13.4. The predicted molar refractivity (Wildman–Crippen MR) is 139 cm³/mol. The highest BCUT2D eigenvalue weighted by Crippen LogP contribution is 2.62. The van der Waals surface area contributed by atoms with E-state index in [1.807, 2.05) is 0 Å². The van der Waals surface area contributed by atoms with E-state index in [-0.39, 0.29) is 10.8 Å². The quantitative estimate of drug-likeness (QED) is 0.352. The number of rotatable bonds is 9. The van der Waals surface area contributed by atoms with Crippen LogP contribution >= 0.6 is 0 Å². The van der Waals surface area contributed by atoms with Gasteiger partial charge in [-0.1, -0.05) is 51.1 Å². The van der Waals surface area contributed by atoms with E-state index in [1.54, 1.807) is 0 Å². The van der Waals surface area contributed by atoms with E-state index >= 15 is 0 Å². The van der Waals surface area contributed by atoms with Crippen LogP contribution in [0.25, 0.3) is 0 Å². The number of hydrogen-bond donors (Lipinski definition) is 0. The molecular weight excluding hydrogens is 456 g/mol. The van der Waals surface area contributed by atoms with E-state index in [0.29, 0.717) is 23.6 Å². The number of fused-ring (bicyclic) bond motifs is 2. The lowest BCUT2D eigenvalue weighted by molar-refractivity contribution is -0.0158. The van der Waals surface area contributed by atoms with Gasteiger partial charge in [0.15, 0.2) is 5.82 Å². The molecule has 0 amide bonds. The van der Waals surface area contributed by atoms with Gasteiger partial charge in [-0.15, -0.1) is 0 Å². The molecule has 3 aliphatic rings. The first kappa shape index (κ1) is 25.4. The minimum atomic E-state index is -3.11. The Bertz CT molecular complexity index is 1090. The normalized spacial score (nSPS) is 31.8. The zero-order chi connectivity index (χ0) is 25.7. The monoisotopic (exact) mass is 497 g/mol. The molecule has 3 aliphatic carbocycles. The molecule has 3 saturated carbocycles. The van der Waals surface area contributed by atoms with Gasteiger partial charge in [0.05, 0.1) is 0 Å². The third-order valence-electron chi connectivity index (χ3n) is 9.61. The summed E-state index contributed by atoms with van der Waals surface area (Å²) in [5.74, 6) is -1.26. The van der Waals surface area contributed by atoms with Gasteiger partial charge >= 0.3 is 5.92 Å². The van der Waals surface area contributed by atoms with Crippen molar-refractivity contribution in [1.82, 2.24) is 10.1 Å². The second kappa shape index (κ2) is 9.25. The van der Waals surface area contributed by atoms with Crippen LogP contribution in [0.2, 0.25) is 0 Å². The molecule has 2 atom stereocenters. The van der Waals surface area contributed by atoms with Crippen molar-refractivity contribution in [2.45, 2.75) is 96.8 Å². The highest BCUT2D eigenvalue weighted by atomic mass is 19.3. The summed E-state index contributed by atoms with van der Waals surface area (Å²) in [5.41, 5.74) is 3.70. The van der Waals surface area contributed by atoms with Crippen LogP contribution in [0.1, 0.15) is 96.3 Å². The molecule has 1 aromatic heterocycles. The predicted octanol–water partition coefficient (Wildman–Crippen LogP) is 8.04. The van der Waals surface area contributed by atoms with E-state index in [1.165, 1.54) is 29.8 Å². The van der Waals surface area contributed by atoms with E-state index in [4.69, 9.17) is 4.52 Å². The first-order valence-electron chi connectivity index (χ1n) is 13.8. The Morgan fingerprint density at radius 1 is 1.17 bits per heavy atom. The van der Waals surface area contributed by atoms with Crippen molar-refractivity contribution in [3.63, 3.8) is 0 Å². The number of nitrogens with zero attached hydrogens (tertiary/aromatic N) is 3. The summed E-state index contributed by atoms with van der Waals surface area (Å²) in [5, 5.41) is 4.05. The number of allylic oxidation sites excluding steroid dienone is 1. The molecule has 2 unspecified atom stereocenters. The van der Waals surface area contributed by atoms with Crippen LogP contribution in [0.4, 0.5) is 14.5 Å². The van der Waals surface area contributed by atoms with E-state index < -0.39 is 11.8 Å². The van der Waals surface area contributed by atoms with Crippen LogP contribution < -0.4 is 4.90 Å². The van der Waals surface area contributed by atoms with Crippen molar-refractivity contribution in [2.75, 3.05) is 11.4 Å². The average Bonchev–Trinajstić information content (AvgIpc) is 3.61. The molecule has 4 nitrogen and oxygen atoms in total. The third kappa shape index (κ3) is 4.61. The van der Waals surface area contributed by atoms with Crippen molar-refractivity contribution < 1.29 is 13.3 Å². The summed E-state index contributed by atoms with van der Waals surface area (Å²) in [4.78, 5) is 6.70. The maximum absolute atomic E-state index is 13.8. The molecule has 2 aromatic rings. The van der Waals surface area contributed by atoms with Gasteiger partial charge in [-0.25, -0.2) is 0 Å². The van der Waals surface area contributed by atoms with Crippen molar-refractivity contribution in [2.24, 2.45) is 23.2 Å². The van der Waals surface area contributed by atoms with Gasteiger partial charge in [0, 0.05) is 30.3 Å². The molecule has 0 spiro atoms. The molecule has 5 rings (SSSR count). The molecule has 0 N–H and O–H groups in total. The number of halogens is 2. The second-order valence-corrected chi connectivity index (χ2v) is 12.4. The molecule has 0 saturated heterocycles. The van der Waals surface area contributed by atoms with Gasteiger partial charge in [0.25, 0.3) is 5.89 Å². The smallest absolute Gasteiger partial charge is 0.322 e. The first-order valence-corrected chi connectivity index (χ1v) is 13.8. The fraction of sp³-hybridized carbons (Fsp3) is 0.667. The highest BCUT2D eigenvalue weighted by Gasteiger charge is 2.58. The minimum absolute atomic E-state index is 0.106. The number of alkyl halides is 2. The zero-order valence-electron chi connectivity index (χ0n) is 22.3. The number of hydrogen-bond acceptors (Lipinski definition) is 4. The summed E-state index contributed by atoms with van der Waals surface area (Å²) in [6, 6.07) is 8.98. The molecule has 3 fully saturated rings. The van der Waals surface area contributed by atoms with Crippen LogP contribution in [0, 0.1) is 23.2 Å². The maximum Gasteiger partial charge on any atom is 0.322 e. The first-order chi connectivity index (χ1) is 17.0. The van der Waals surface area contributed by atoms with Gasteiger partial charge in [-0.05, 0) is 92.2 Å². The molecular formula is C30H41F2N3O. The maximum atomic E-state index is 13.8. The van der Waals surface area contributed by atoms with E-state index in [0.717, 1.165) is 58.4 Å². The Hall–Kier alpha value is -2.24. The Balaban J connectivity index is 1.42. The molecule has 0 radical (unpaired) electrons. The van der Waals surface area contributed by atoms with Gasteiger partial charge in [0.2, 0.25) is 0 Å². The average molecular weight is 498 g/mol. The Morgan fingerprint density at radius 2 is 1.86 bits per heavy atom. The summed E-state index contributed by atoms with van der Waals surface area (Å²) >= 11 is 0. The van der Waals surface area contributed by atoms with Crippen LogP contribution in [-0.2, 0) is 17.8 Å². The van der Waals surface area contributed by atoms with Gasteiger partial charge < -0.3 is 9.42 Å². The molecule has 36 heavy (non-hydrogen) atoms. The molecule has 0 aliphatic heterocycles. The fourth-order valence-electron chi connectivity index (χ4n) is 7.28. The topological polar surface area (TPSA) is 42.2 Å².